The van der Waals surface area contributed by atoms with Crippen molar-refractivity contribution in [3.63, 3.8) is 0 Å². The molecule has 4 nitrogen and oxygen atoms in total. The van der Waals surface area contributed by atoms with E-state index >= 15 is 0 Å². The highest BCUT2D eigenvalue weighted by atomic mass is 19.4. The van der Waals surface area contributed by atoms with Gasteiger partial charge in [-0.2, -0.15) is 13.2 Å². The van der Waals surface area contributed by atoms with Crippen LogP contribution in [0.3, 0.4) is 0 Å². The van der Waals surface area contributed by atoms with Crippen molar-refractivity contribution in [1.82, 2.24) is 0 Å². The lowest BCUT2D eigenvalue weighted by molar-refractivity contribution is -0.161. The van der Waals surface area contributed by atoms with Gasteiger partial charge in [0, 0.05) is 6.07 Å². The average Bonchev–Trinajstić information content (AvgIpc) is 2.65. The van der Waals surface area contributed by atoms with Crippen LogP contribution in [0.5, 0.6) is 11.5 Å². The van der Waals surface area contributed by atoms with E-state index in [4.69, 9.17) is 4.74 Å². The lowest BCUT2D eigenvalue weighted by Crippen LogP contribution is -2.26. The van der Waals surface area contributed by atoms with E-state index in [1.54, 1.807) is 6.07 Å². The number of alkyl halides is 3. The van der Waals surface area contributed by atoms with Gasteiger partial charge in [0.05, 0.1) is 0 Å². The number of carbonyl (C=O) groups is 1. The van der Waals surface area contributed by atoms with Gasteiger partial charge in [-0.3, -0.25) is 0 Å². The van der Waals surface area contributed by atoms with E-state index in [2.05, 4.69) is 4.74 Å². The molecule has 0 heterocycles. The van der Waals surface area contributed by atoms with Crippen LogP contribution in [-0.2, 0) is 16.8 Å². The van der Waals surface area contributed by atoms with Crippen LogP contribution < -0.4 is 4.74 Å². The fourth-order valence-electron chi connectivity index (χ4n) is 3.77. The number of carbonyl (C=O) groups excluding carboxylic acids is 1. The lowest BCUT2D eigenvalue weighted by Gasteiger charge is -2.29. The quantitative estimate of drug-likeness (QED) is 0.337. The summed E-state index contributed by atoms with van der Waals surface area (Å²) in [6, 6.07) is 8.87. The van der Waals surface area contributed by atoms with Crippen LogP contribution in [0, 0.1) is 13.8 Å². The van der Waals surface area contributed by atoms with Crippen LogP contribution in [0.1, 0.15) is 72.6 Å². The molecule has 0 aliphatic carbocycles. The summed E-state index contributed by atoms with van der Waals surface area (Å²) in [5.41, 5.74) is 2.54. The summed E-state index contributed by atoms with van der Waals surface area (Å²) in [6.45, 7) is 8.08. The second-order valence-electron chi connectivity index (χ2n) is 8.56. The summed E-state index contributed by atoms with van der Waals surface area (Å²) >= 11 is 0. The molecule has 0 aromatic heterocycles. The zero-order chi connectivity index (χ0) is 24.1. The summed E-state index contributed by atoms with van der Waals surface area (Å²) in [6.07, 6.45) is -1.74. The Morgan fingerprint density at radius 1 is 1.06 bits per heavy atom. The number of aryl methyl sites for hydroxylation is 3. The molecule has 1 N–H and O–H groups in total. The SMILES string of the molecule is CCCCCc1cc(OC(C)(C)c2ccc(C)cc2C)cc(O)c1C(=O)OCC(F)(F)F. The van der Waals surface area contributed by atoms with Crippen molar-refractivity contribution in [1.29, 1.82) is 0 Å². The number of halogens is 3. The van der Waals surface area contributed by atoms with Crippen LogP contribution in [0.25, 0.3) is 0 Å². The summed E-state index contributed by atoms with van der Waals surface area (Å²) < 4.78 is 48.1. The molecular weight excluding hydrogens is 421 g/mol. The van der Waals surface area contributed by atoms with E-state index in [-0.39, 0.29) is 5.56 Å². The minimum atomic E-state index is -4.65. The van der Waals surface area contributed by atoms with Crippen molar-refractivity contribution in [2.45, 2.75) is 72.1 Å². The number of aromatic hydroxyl groups is 1. The molecule has 0 aliphatic rings. The number of phenolic OH excluding ortho intramolecular Hbond substituents is 1. The fourth-order valence-corrected chi connectivity index (χ4v) is 3.77. The van der Waals surface area contributed by atoms with Gasteiger partial charge in [-0.05, 0) is 63.3 Å². The second-order valence-corrected chi connectivity index (χ2v) is 8.56. The molecule has 7 heteroatoms. The normalized spacial score (nSPS) is 12.0. The molecule has 0 saturated heterocycles. The first-order valence-corrected chi connectivity index (χ1v) is 10.7. The zero-order valence-electron chi connectivity index (χ0n) is 19.2. The van der Waals surface area contributed by atoms with E-state index in [0.717, 1.165) is 29.5 Å². The Morgan fingerprint density at radius 2 is 1.75 bits per heavy atom. The average molecular weight is 453 g/mol. The minimum absolute atomic E-state index is 0.248. The molecule has 0 atom stereocenters. The molecule has 2 aromatic carbocycles. The van der Waals surface area contributed by atoms with E-state index in [1.165, 1.54) is 6.07 Å². The van der Waals surface area contributed by atoms with Crippen molar-refractivity contribution in [3.05, 3.63) is 58.1 Å². The van der Waals surface area contributed by atoms with Gasteiger partial charge in [-0.15, -0.1) is 0 Å². The smallest absolute Gasteiger partial charge is 0.422 e. The summed E-state index contributed by atoms with van der Waals surface area (Å²) in [4.78, 5) is 12.3. The summed E-state index contributed by atoms with van der Waals surface area (Å²) in [5, 5.41) is 10.5. The number of hydrogen-bond acceptors (Lipinski definition) is 4. The van der Waals surface area contributed by atoms with Gasteiger partial charge in [0.25, 0.3) is 0 Å². The van der Waals surface area contributed by atoms with Crippen molar-refractivity contribution in [2.75, 3.05) is 6.61 Å². The maximum atomic E-state index is 12.5. The van der Waals surface area contributed by atoms with Crippen LogP contribution in [0.15, 0.2) is 30.3 Å². The molecule has 0 bridgehead atoms. The van der Waals surface area contributed by atoms with E-state index in [9.17, 15) is 23.1 Å². The Bertz CT molecular complexity index is 949. The monoisotopic (exact) mass is 452 g/mol. The van der Waals surface area contributed by atoms with Crippen molar-refractivity contribution >= 4 is 5.97 Å². The Hall–Kier alpha value is -2.70. The molecular formula is C25H31F3O4. The highest BCUT2D eigenvalue weighted by Crippen LogP contribution is 2.35. The molecule has 0 saturated carbocycles. The second kappa shape index (κ2) is 10.3. The third-order valence-corrected chi connectivity index (χ3v) is 5.20. The van der Waals surface area contributed by atoms with Gasteiger partial charge in [-0.25, -0.2) is 4.79 Å². The van der Waals surface area contributed by atoms with Crippen molar-refractivity contribution in [3.8, 4) is 11.5 Å². The molecule has 2 aromatic rings. The minimum Gasteiger partial charge on any atom is -0.507 e. The van der Waals surface area contributed by atoms with E-state index in [0.29, 0.717) is 24.2 Å². The molecule has 32 heavy (non-hydrogen) atoms. The predicted octanol–water partition coefficient (Wildman–Crippen LogP) is 6.77. The predicted molar refractivity (Wildman–Crippen MR) is 117 cm³/mol. The van der Waals surface area contributed by atoms with Crippen LogP contribution >= 0.6 is 0 Å². The third kappa shape index (κ3) is 6.90. The topological polar surface area (TPSA) is 55.8 Å². The molecule has 2 rings (SSSR count). The molecule has 0 radical (unpaired) electrons. The van der Waals surface area contributed by atoms with E-state index in [1.807, 2.05) is 52.8 Å². The zero-order valence-corrected chi connectivity index (χ0v) is 19.2. The number of hydrogen-bond donors (Lipinski definition) is 1. The van der Waals surface area contributed by atoms with Crippen LogP contribution in [-0.4, -0.2) is 23.9 Å². The highest BCUT2D eigenvalue weighted by Gasteiger charge is 2.32. The van der Waals surface area contributed by atoms with Gasteiger partial charge in [-0.1, -0.05) is 43.5 Å². The van der Waals surface area contributed by atoms with E-state index < -0.39 is 30.1 Å². The number of rotatable bonds is 9. The Balaban J connectivity index is 2.38. The Morgan fingerprint density at radius 3 is 2.34 bits per heavy atom. The first kappa shape index (κ1) is 25.6. The first-order chi connectivity index (χ1) is 14.8. The van der Waals surface area contributed by atoms with Crippen LogP contribution in [0.2, 0.25) is 0 Å². The van der Waals surface area contributed by atoms with Gasteiger partial charge >= 0.3 is 12.1 Å². The Labute approximate surface area is 187 Å². The van der Waals surface area contributed by atoms with Crippen molar-refractivity contribution < 1.29 is 32.5 Å². The molecule has 0 amide bonds. The first-order valence-electron chi connectivity index (χ1n) is 10.7. The Kier molecular flexibility index (Phi) is 8.21. The number of esters is 1. The third-order valence-electron chi connectivity index (χ3n) is 5.20. The van der Waals surface area contributed by atoms with Crippen LogP contribution in [0.4, 0.5) is 13.2 Å². The summed E-state index contributed by atoms with van der Waals surface area (Å²) in [5.74, 6) is -1.34. The maximum Gasteiger partial charge on any atom is 0.422 e. The molecule has 176 valence electrons. The molecule has 0 fully saturated rings. The maximum absolute atomic E-state index is 12.5. The summed E-state index contributed by atoms with van der Waals surface area (Å²) in [7, 11) is 0. The number of phenols is 1. The molecule has 0 unspecified atom stereocenters. The standard InChI is InChI=1S/C25H31F3O4/c1-6-7-8-9-18-13-19(14-21(29)22(18)23(30)31-15-25(26,27)28)32-24(4,5)20-11-10-16(2)12-17(20)3/h10-14,29H,6-9,15H2,1-5H3. The molecule has 0 spiro atoms. The van der Waals surface area contributed by atoms with Gasteiger partial charge in [0.1, 0.15) is 22.7 Å². The van der Waals surface area contributed by atoms with Crippen molar-refractivity contribution in [2.24, 2.45) is 0 Å². The number of benzene rings is 2. The highest BCUT2D eigenvalue weighted by molar-refractivity contribution is 5.94. The van der Waals surface area contributed by atoms with Gasteiger partial charge in [0.15, 0.2) is 6.61 Å². The fraction of sp³-hybridized carbons (Fsp3) is 0.480. The van der Waals surface area contributed by atoms with Gasteiger partial charge < -0.3 is 14.6 Å². The lowest BCUT2D eigenvalue weighted by atomic mass is 9.92. The largest absolute Gasteiger partial charge is 0.507 e. The molecule has 0 aliphatic heterocycles. The number of unbranched alkanes of at least 4 members (excludes halogenated alkanes) is 2. The van der Waals surface area contributed by atoms with Gasteiger partial charge in [0.2, 0.25) is 0 Å². The number of ether oxygens (including phenoxy) is 2.